The van der Waals surface area contributed by atoms with Crippen molar-refractivity contribution in [1.82, 2.24) is 0 Å². The van der Waals surface area contributed by atoms with Gasteiger partial charge >= 0.3 is 0 Å². The molecule has 2 fully saturated rings. The monoisotopic (exact) mass is 130 g/mol. The molecule has 2 aliphatic rings. The molecule has 0 spiro atoms. The van der Waals surface area contributed by atoms with Crippen molar-refractivity contribution < 1.29 is 14.6 Å². The summed E-state index contributed by atoms with van der Waals surface area (Å²) >= 11 is 0. The number of rotatable bonds is 1. The molecule has 3 unspecified atom stereocenters. The highest BCUT2D eigenvalue weighted by molar-refractivity contribution is 4.84. The van der Waals surface area contributed by atoms with E-state index in [1.807, 2.05) is 0 Å². The minimum absolute atomic E-state index is 0.0767. The first kappa shape index (κ1) is 5.65. The smallest absolute Gasteiger partial charge is 0.184 e. The van der Waals surface area contributed by atoms with Gasteiger partial charge in [-0.2, -0.15) is 0 Å². The predicted octanol–water partition coefficient (Wildman–Crippen LogP) is -0.260. The summed E-state index contributed by atoms with van der Waals surface area (Å²) in [5, 5.41) is 8.69. The van der Waals surface area contributed by atoms with Crippen molar-refractivity contribution >= 4 is 0 Å². The van der Waals surface area contributed by atoms with Gasteiger partial charge in [-0.3, -0.25) is 0 Å². The second-order valence-corrected chi connectivity index (χ2v) is 2.66. The molecule has 2 aliphatic heterocycles. The quantitative estimate of drug-likeness (QED) is 0.497. The van der Waals surface area contributed by atoms with Gasteiger partial charge in [0.05, 0.1) is 6.61 Å². The first-order valence-corrected chi connectivity index (χ1v) is 3.28. The van der Waals surface area contributed by atoms with E-state index < -0.39 is 0 Å². The lowest BCUT2D eigenvalue weighted by atomic mass is 10.0. The molecular weight excluding hydrogens is 120 g/mol. The summed E-state index contributed by atoms with van der Waals surface area (Å²) < 4.78 is 10.2. The van der Waals surface area contributed by atoms with Gasteiger partial charge in [-0.05, 0) is 6.42 Å². The summed E-state index contributed by atoms with van der Waals surface area (Å²) in [6.07, 6.45) is 1.35. The number of fused-ring (bicyclic) bond motifs is 1. The molecule has 3 heteroatoms. The Hall–Kier alpha value is -0.120. The van der Waals surface area contributed by atoms with Crippen molar-refractivity contribution in [3.8, 4) is 0 Å². The average Bonchev–Trinajstić information content (AvgIpc) is 2.64. The SMILES string of the molecule is OCC1COC2OC2C1. The first-order chi connectivity index (χ1) is 4.40. The number of hydrogen-bond donors (Lipinski definition) is 1. The van der Waals surface area contributed by atoms with Crippen LogP contribution in [0.2, 0.25) is 0 Å². The van der Waals surface area contributed by atoms with E-state index in [1.54, 1.807) is 0 Å². The van der Waals surface area contributed by atoms with Gasteiger partial charge in [-0.15, -0.1) is 0 Å². The molecule has 3 atom stereocenters. The summed E-state index contributed by atoms with van der Waals surface area (Å²) in [7, 11) is 0. The van der Waals surface area contributed by atoms with Gasteiger partial charge in [-0.25, -0.2) is 0 Å². The van der Waals surface area contributed by atoms with Gasteiger partial charge in [0.25, 0.3) is 0 Å². The largest absolute Gasteiger partial charge is 0.396 e. The Morgan fingerprint density at radius 3 is 3.11 bits per heavy atom. The van der Waals surface area contributed by atoms with E-state index >= 15 is 0 Å². The van der Waals surface area contributed by atoms with Crippen molar-refractivity contribution in [3.05, 3.63) is 0 Å². The van der Waals surface area contributed by atoms with Crippen LogP contribution in [0.3, 0.4) is 0 Å². The number of epoxide rings is 1. The second kappa shape index (κ2) is 1.94. The average molecular weight is 130 g/mol. The van der Waals surface area contributed by atoms with Crippen molar-refractivity contribution in [3.63, 3.8) is 0 Å². The van der Waals surface area contributed by atoms with E-state index in [9.17, 15) is 0 Å². The number of ether oxygens (including phenoxy) is 2. The third-order valence-corrected chi connectivity index (χ3v) is 1.86. The van der Waals surface area contributed by atoms with Crippen molar-refractivity contribution in [2.45, 2.75) is 18.8 Å². The fourth-order valence-corrected chi connectivity index (χ4v) is 1.19. The van der Waals surface area contributed by atoms with Crippen LogP contribution in [-0.2, 0) is 9.47 Å². The van der Waals surface area contributed by atoms with Crippen molar-refractivity contribution in [2.24, 2.45) is 5.92 Å². The molecule has 0 aromatic carbocycles. The maximum Gasteiger partial charge on any atom is 0.184 e. The summed E-state index contributed by atoms with van der Waals surface area (Å²) in [4.78, 5) is 0. The molecule has 0 amide bonds. The van der Waals surface area contributed by atoms with Crippen LogP contribution >= 0.6 is 0 Å². The van der Waals surface area contributed by atoms with Gasteiger partial charge < -0.3 is 14.6 Å². The van der Waals surface area contributed by atoms with Crippen LogP contribution in [0, 0.1) is 5.92 Å². The molecule has 3 nitrogen and oxygen atoms in total. The number of hydrogen-bond acceptors (Lipinski definition) is 3. The van der Waals surface area contributed by atoms with Gasteiger partial charge in [-0.1, -0.05) is 0 Å². The Balaban J connectivity index is 1.86. The van der Waals surface area contributed by atoms with Gasteiger partial charge in [0.15, 0.2) is 6.29 Å². The third-order valence-electron chi connectivity index (χ3n) is 1.86. The molecule has 9 heavy (non-hydrogen) atoms. The van der Waals surface area contributed by atoms with E-state index in [1.165, 1.54) is 0 Å². The van der Waals surface area contributed by atoms with Gasteiger partial charge in [0, 0.05) is 12.5 Å². The molecule has 0 aliphatic carbocycles. The fraction of sp³-hybridized carbons (Fsp3) is 1.00. The van der Waals surface area contributed by atoms with E-state index in [2.05, 4.69) is 0 Å². The van der Waals surface area contributed by atoms with Crippen LogP contribution in [-0.4, -0.2) is 30.7 Å². The molecule has 2 saturated heterocycles. The summed E-state index contributed by atoms with van der Waals surface area (Å²) in [6, 6.07) is 0. The molecule has 0 radical (unpaired) electrons. The number of aliphatic hydroxyl groups excluding tert-OH is 1. The van der Waals surface area contributed by atoms with Crippen LogP contribution in [0.1, 0.15) is 6.42 Å². The molecule has 1 N–H and O–H groups in total. The maximum absolute atomic E-state index is 8.69. The molecule has 2 heterocycles. The zero-order valence-electron chi connectivity index (χ0n) is 5.12. The zero-order chi connectivity index (χ0) is 6.27. The van der Waals surface area contributed by atoms with Crippen LogP contribution in [0.15, 0.2) is 0 Å². The first-order valence-electron chi connectivity index (χ1n) is 3.28. The molecular formula is C6H10O3. The lowest BCUT2D eigenvalue weighted by Gasteiger charge is -2.15. The van der Waals surface area contributed by atoms with Crippen LogP contribution < -0.4 is 0 Å². The molecule has 0 aromatic heterocycles. The molecule has 0 bridgehead atoms. The zero-order valence-corrected chi connectivity index (χ0v) is 5.12. The van der Waals surface area contributed by atoms with Gasteiger partial charge in [0.1, 0.15) is 6.10 Å². The Bertz CT molecular complexity index is 115. The Kier molecular flexibility index (Phi) is 1.22. The van der Waals surface area contributed by atoms with E-state index in [4.69, 9.17) is 14.6 Å². The topological polar surface area (TPSA) is 42.0 Å². The van der Waals surface area contributed by atoms with Crippen LogP contribution in [0.25, 0.3) is 0 Å². The molecule has 0 saturated carbocycles. The maximum atomic E-state index is 8.69. The number of aliphatic hydroxyl groups is 1. The Labute approximate surface area is 53.6 Å². The van der Waals surface area contributed by atoms with Crippen LogP contribution in [0.4, 0.5) is 0 Å². The van der Waals surface area contributed by atoms with Crippen molar-refractivity contribution in [2.75, 3.05) is 13.2 Å². The highest BCUT2D eigenvalue weighted by Gasteiger charge is 2.45. The van der Waals surface area contributed by atoms with E-state index in [-0.39, 0.29) is 12.9 Å². The van der Waals surface area contributed by atoms with Crippen molar-refractivity contribution in [1.29, 1.82) is 0 Å². The summed E-state index contributed by atoms with van der Waals surface area (Å²) in [5.74, 6) is 0.314. The van der Waals surface area contributed by atoms with Crippen LogP contribution in [0.5, 0.6) is 0 Å². The van der Waals surface area contributed by atoms with E-state index in [0.29, 0.717) is 18.6 Å². The van der Waals surface area contributed by atoms with E-state index in [0.717, 1.165) is 6.42 Å². The highest BCUT2D eigenvalue weighted by Crippen LogP contribution is 2.34. The molecule has 2 rings (SSSR count). The Morgan fingerprint density at radius 2 is 2.44 bits per heavy atom. The minimum Gasteiger partial charge on any atom is -0.396 e. The molecule has 52 valence electrons. The third kappa shape index (κ3) is 0.956. The summed E-state index contributed by atoms with van der Waals surface area (Å²) in [6.45, 7) is 0.893. The molecule has 0 aromatic rings. The lowest BCUT2D eigenvalue weighted by molar-refractivity contribution is 0.00664. The standard InChI is InChI=1S/C6H10O3/c7-2-4-1-5-6(9-5)8-3-4/h4-7H,1-3H2. The summed E-state index contributed by atoms with van der Waals surface area (Å²) in [5.41, 5.74) is 0. The minimum atomic E-state index is 0.0767. The fourth-order valence-electron chi connectivity index (χ4n) is 1.19. The Morgan fingerprint density at radius 1 is 1.56 bits per heavy atom. The van der Waals surface area contributed by atoms with Gasteiger partial charge in [0.2, 0.25) is 0 Å². The lowest BCUT2D eigenvalue weighted by Crippen LogP contribution is -2.23. The normalized spacial score (nSPS) is 48.3. The second-order valence-electron chi connectivity index (χ2n) is 2.66. The highest BCUT2D eigenvalue weighted by atomic mass is 16.8. The predicted molar refractivity (Wildman–Crippen MR) is 29.8 cm³/mol.